The van der Waals surface area contributed by atoms with Gasteiger partial charge in [-0.05, 0) is 76.1 Å². The first-order chi connectivity index (χ1) is 16.7. The second-order valence-electron chi connectivity index (χ2n) is 7.82. The standard InChI is InChI=1S/C26H20BrCl2NO4S/c1-15-4-3-5-16(8-15)13-30-25(31)23(35-26(30)32)11-17-9-20(27)24(22(10-17)33-2)34-14-18-6-7-19(28)12-21(18)29/h3-12H,13-14H2,1-2H3/b23-11-. The van der Waals surface area contributed by atoms with Gasteiger partial charge in [-0.25, -0.2) is 0 Å². The lowest BCUT2D eigenvalue weighted by Gasteiger charge is -2.14. The zero-order valence-corrected chi connectivity index (χ0v) is 22.7. The Kier molecular flexibility index (Phi) is 8.12. The normalized spacial score (nSPS) is 14.7. The van der Waals surface area contributed by atoms with E-state index in [4.69, 9.17) is 32.7 Å². The summed E-state index contributed by atoms with van der Waals surface area (Å²) in [6.07, 6.45) is 1.67. The molecule has 180 valence electrons. The molecule has 4 rings (SSSR count). The predicted octanol–water partition coefficient (Wildman–Crippen LogP) is 7.89. The monoisotopic (exact) mass is 591 g/mol. The van der Waals surface area contributed by atoms with Gasteiger partial charge in [0.2, 0.25) is 0 Å². The van der Waals surface area contributed by atoms with E-state index < -0.39 is 0 Å². The number of amides is 2. The quantitative estimate of drug-likeness (QED) is 0.261. The van der Waals surface area contributed by atoms with Crippen molar-refractivity contribution in [3.8, 4) is 11.5 Å². The Bertz CT molecular complexity index is 1340. The average molecular weight is 593 g/mol. The number of nitrogens with zero attached hydrogens (tertiary/aromatic N) is 1. The lowest BCUT2D eigenvalue weighted by molar-refractivity contribution is -0.123. The maximum absolute atomic E-state index is 13.0. The Morgan fingerprint density at radius 3 is 2.60 bits per heavy atom. The van der Waals surface area contributed by atoms with Gasteiger partial charge in [-0.3, -0.25) is 14.5 Å². The number of halogens is 3. The van der Waals surface area contributed by atoms with Gasteiger partial charge in [0.15, 0.2) is 11.5 Å². The maximum atomic E-state index is 13.0. The molecule has 0 bridgehead atoms. The molecule has 1 saturated heterocycles. The van der Waals surface area contributed by atoms with Crippen LogP contribution in [0.1, 0.15) is 22.3 Å². The molecule has 0 unspecified atom stereocenters. The smallest absolute Gasteiger partial charge is 0.293 e. The highest BCUT2D eigenvalue weighted by molar-refractivity contribution is 9.10. The summed E-state index contributed by atoms with van der Waals surface area (Å²) in [5, 5.41) is 0.754. The van der Waals surface area contributed by atoms with Gasteiger partial charge in [0, 0.05) is 15.6 Å². The number of benzene rings is 3. The molecule has 9 heteroatoms. The van der Waals surface area contributed by atoms with Crippen molar-refractivity contribution in [2.24, 2.45) is 0 Å². The lowest BCUT2D eigenvalue weighted by atomic mass is 10.1. The molecule has 35 heavy (non-hydrogen) atoms. The first kappa shape index (κ1) is 25.6. The van der Waals surface area contributed by atoms with Crippen LogP contribution in [0.5, 0.6) is 11.5 Å². The van der Waals surface area contributed by atoms with E-state index in [0.717, 1.165) is 28.5 Å². The van der Waals surface area contributed by atoms with Crippen molar-refractivity contribution < 1.29 is 19.1 Å². The van der Waals surface area contributed by atoms with Gasteiger partial charge < -0.3 is 9.47 Å². The van der Waals surface area contributed by atoms with Crippen LogP contribution in [0.4, 0.5) is 4.79 Å². The minimum Gasteiger partial charge on any atom is -0.493 e. The number of carbonyl (C=O) groups excluding carboxylic acids is 2. The van der Waals surface area contributed by atoms with Crippen molar-refractivity contribution in [3.05, 3.63) is 96.3 Å². The average Bonchev–Trinajstić information content (AvgIpc) is 3.06. The van der Waals surface area contributed by atoms with E-state index >= 15 is 0 Å². The van der Waals surface area contributed by atoms with E-state index in [0.29, 0.717) is 36.5 Å². The van der Waals surface area contributed by atoms with Crippen LogP contribution in [-0.4, -0.2) is 23.2 Å². The third kappa shape index (κ3) is 6.04. The van der Waals surface area contributed by atoms with Crippen LogP contribution in [-0.2, 0) is 17.9 Å². The Hall–Kier alpha value is -2.45. The molecule has 0 spiro atoms. The molecule has 0 aromatic heterocycles. The number of hydrogen-bond donors (Lipinski definition) is 0. The van der Waals surface area contributed by atoms with Crippen LogP contribution in [0, 0.1) is 6.92 Å². The van der Waals surface area contributed by atoms with Gasteiger partial charge in [-0.2, -0.15) is 0 Å². The van der Waals surface area contributed by atoms with Crippen molar-refractivity contribution >= 4 is 68.1 Å². The van der Waals surface area contributed by atoms with Crippen LogP contribution in [0.25, 0.3) is 6.08 Å². The molecule has 2 amide bonds. The van der Waals surface area contributed by atoms with Gasteiger partial charge in [-0.1, -0.05) is 59.1 Å². The van der Waals surface area contributed by atoms with Crippen molar-refractivity contribution in [2.75, 3.05) is 7.11 Å². The summed E-state index contributed by atoms with van der Waals surface area (Å²) in [5.41, 5.74) is 3.44. The number of carbonyl (C=O) groups is 2. The van der Waals surface area contributed by atoms with Crippen molar-refractivity contribution in [1.82, 2.24) is 4.90 Å². The lowest BCUT2D eigenvalue weighted by Crippen LogP contribution is -2.27. The molecule has 1 heterocycles. The summed E-state index contributed by atoms with van der Waals surface area (Å²) in [6, 6.07) is 16.5. The van der Waals surface area contributed by atoms with Gasteiger partial charge >= 0.3 is 0 Å². The number of aryl methyl sites for hydroxylation is 1. The third-order valence-corrected chi connectivity index (χ3v) is 7.32. The van der Waals surface area contributed by atoms with Crippen molar-refractivity contribution in [3.63, 3.8) is 0 Å². The van der Waals surface area contributed by atoms with E-state index in [1.54, 1.807) is 36.4 Å². The highest BCUT2D eigenvalue weighted by Gasteiger charge is 2.35. The van der Waals surface area contributed by atoms with Crippen LogP contribution in [0.3, 0.4) is 0 Å². The molecule has 0 N–H and O–H groups in total. The van der Waals surface area contributed by atoms with Gasteiger partial charge in [0.1, 0.15) is 6.61 Å². The van der Waals surface area contributed by atoms with Gasteiger partial charge in [0.25, 0.3) is 11.1 Å². The van der Waals surface area contributed by atoms with Crippen LogP contribution in [0.15, 0.2) is 64.0 Å². The number of rotatable bonds is 7. The zero-order valence-electron chi connectivity index (χ0n) is 18.8. The third-order valence-electron chi connectivity index (χ3n) is 5.23. The minimum atomic E-state index is -0.325. The summed E-state index contributed by atoms with van der Waals surface area (Å²) in [6.45, 7) is 2.42. The molecule has 3 aromatic carbocycles. The highest BCUT2D eigenvalue weighted by atomic mass is 79.9. The van der Waals surface area contributed by atoms with E-state index in [9.17, 15) is 9.59 Å². The molecule has 1 aliphatic rings. The highest BCUT2D eigenvalue weighted by Crippen LogP contribution is 2.40. The molecule has 5 nitrogen and oxygen atoms in total. The Morgan fingerprint density at radius 2 is 1.89 bits per heavy atom. The van der Waals surface area contributed by atoms with Gasteiger partial charge in [-0.15, -0.1) is 0 Å². The van der Waals surface area contributed by atoms with Gasteiger partial charge in [0.05, 0.1) is 23.0 Å². The summed E-state index contributed by atoms with van der Waals surface area (Å²) < 4.78 is 12.1. The summed E-state index contributed by atoms with van der Waals surface area (Å²) in [5.74, 6) is 0.632. The molecule has 0 atom stereocenters. The first-order valence-electron chi connectivity index (χ1n) is 10.5. The number of imide groups is 1. The molecular weight excluding hydrogens is 573 g/mol. The molecule has 1 aliphatic heterocycles. The zero-order chi connectivity index (χ0) is 25.1. The van der Waals surface area contributed by atoms with Crippen LogP contribution >= 0.6 is 50.9 Å². The Labute approximate surface area is 226 Å². The number of methoxy groups -OCH3 is 1. The second-order valence-corrected chi connectivity index (χ2v) is 10.5. The maximum Gasteiger partial charge on any atom is 0.293 e. The molecule has 1 fully saturated rings. The SMILES string of the molecule is COc1cc(/C=C2\SC(=O)N(Cc3cccc(C)c3)C2=O)cc(Br)c1OCc1ccc(Cl)cc1Cl. The molecule has 3 aromatic rings. The summed E-state index contributed by atoms with van der Waals surface area (Å²) in [7, 11) is 1.53. The summed E-state index contributed by atoms with van der Waals surface area (Å²) >= 11 is 16.6. The number of hydrogen-bond acceptors (Lipinski definition) is 5. The topological polar surface area (TPSA) is 55.8 Å². The largest absolute Gasteiger partial charge is 0.493 e. The van der Waals surface area contributed by atoms with Crippen LogP contribution < -0.4 is 9.47 Å². The molecule has 0 aliphatic carbocycles. The Balaban J connectivity index is 1.54. The Morgan fingerprint density at radius 1 is 1.09 bits per heavy atom. The van der Waals surface area contributed by atoms with Crippen molar-refractivity contribution in [2.45, 2.75) is 20.1 Å². The second kappa shape index (κ2) is 11.1. The fourth-order valence-electron chi connectivity index (χ4n) is 3.53. The van der Waals surface area contributed by atoms with Crippen LogP contribution in [0.2, 0.25) is 10.0 Å². The molecule has 0 saturated carbocycles. The first-order valence-corrected chi connectivity index (χ1v) is 12.9. The minimum absolute atomic E-state index is 0.210. The fourth-order valence-corrected chi connectivity index (χ4v) is 5.41. The van der Waals surface area contributed by atoms with E-state index in [1.165, 1.54) is 12.0 Å². The predicted molar refractivity (Wildman–Crippen MR) is 144 cm³/mol. The van der Waals surface area contributed by atoms with Crippen molar-refractivity contribution in [1.29, 1.82) is 0 Å². The van der Waals surface area contributed by atoms with E-state index in [1.807, 2.05) is 31.2 Å². The summed E-state index contributed by atoms with van der Waals surface area (Å²) in [4.78, 5) is 27.1. The molecule has 0 radical (unpaired) electrons. The number of ether oxygens (including phenoxy) is 2. The molecular formula is C26H20BrCl2NO4S. The fraction of sp³-hybridized carbons (Fsp3) is 0.154. The van der Waals surface area contributed by atoms with E-state index in [-0.39, 0.29) is 24.3 Å². The number of thioether (sulfide) groups is 1. The van der Waals surface area contributed by atoms with E-state index in [2.05, 4.69) is 15.9 Å².